The lowest BCUT2D eigenvalue weighted by atomic mass is 10.1. The van der Waals surface area contributed by atoms with Gasteiger partial charge in [-0.15, -0.1) is 0 Å². The minimum atomic E-state index is -0.357. The second kappa shape index (κ2) is 6.58. The molecule has 21 heavy (non-hydrogen) atoms. The minimum absolute atomic E-state index is 0.107. The van der Waals surface area contributed by atoms with Gasteiger partial charge in [0.2, 0.25) is 0 Å². The number of nitrogen functional groups attached to an aromatic ring is 1. The van der Waals surface area contributed by atoms with Gasteiger partial charge in [0.25, 0.3) is 5.91 Å². The molecule has 6 heteroatoms. The van der Waals surface area contributed by atoms with E-state index in [-0.39, 0.29) is 18.3 Å². The van der Waals surface area contributed by atoms with Crippen LogP contribution in [0.2, 0.25) is 0 Å². The van der Waals surface area contributed by atoms with E-state index in [1.165, 1.54) is 6.07 Å². The molecule has 110 valence electrons. The van der Waals surface area contributed by atoms with Crippen LogP contribution >= 0.6 is 31.9 Å². The van der Waals surface area contributed by atoms with Crippen molar-refractivity contribution in [2.45, 2.75) is 13.5 Å². The number of carbonyl (C=O) groups excluding carboxylic acids is 1. The summed E-state index contributed by atoms with van der Waals surface area (Å²) in [5, 5.41) is 2.70. The van der Waals surface area contributed by atoms with E-state index >= 15 is 0 Å². The highest BCUT2D eigenvalue weighted by Gasteiger charge is 2.13. The largest absolute Gasteiger partial charge is 0.398 e. The topological polar surface area (TPSA) is 55.1 Å². The van der Waals surface area contributed by atoms with Crippen LogP contribution in [0.15, 0.2) is 39.3 Å². The molecule has 0 unspecified atom stereocenters. The van der Waals surface area contributed by atoms with E-state index in [9.17, 15) is 9.18 Å². The molecule has 0 saturated heterocycles. The van der Waals surface area contributed by atoms with Crippen LogP contribution in [0.3, 0.4) is 0 Å². The molecule has 0 heterocycles. The van der Waals surface area contributed by atoms with Crippen molar-refractivity contribution in [1.82, 2.24) is 5.32 Å². The summed E-state index contributed by atoms with van der Waals surface area (Å²) in [4.78, 5) is 12.2. The van der Waals surface area contributed by atoms with Crippen molar-refractivity contribution in [2.24, 2.45) is 0 Å². The van der Waals surface area contributed by atoms with Crippen molar-refractivity contribution in [3.63, 3.8) is 0 Å². The highest BCUT2D eigenvalue weighted by Crippen LogP contribution is 2.23. The maximum absolute atomic E-state index is 13.6. The van der Waals surface area contributed by atoms with E-state index in [1.54, 1.807) is 31.2 Å². The van der Waals surface area contributed by atoms with Crippen molar-refractivity contribution >= 4 is 43.5 Å². The van der Waals surface area contributed by atoms with Crippen LogP contribution in [0.1, 0.15) is 21.5 Å². The number of carbonyl (C=O) groups is 1. The SMILES string of the molecule is Cc1c(N)cc(Br)cc1C(=O)NCc1cc(Br)ccc1F. The van der Waals surface area contributed by atoms with E-state index in [4.69, 9.17) is 5.73 Å². The molecule has 0 spiro atoms. The molecule has 0 radical (unpaired) electrons. The second-order valence-electron chi connectivity index (χ2n) is 4.59. The summed E-state index contributed by atoms with van der Waals surface area (Å²) in [5.74, 6) is -0.649. The van der Waals surface area contributed by atoms with E-state index < -0.39 is 0 Å². The number of anilines is 1. The Morgan fingerprint density at radius 2 is 1.95 bits per heavy atom. The molecule has 0 aliphatic carbocycles. The van der Waals surface area contributed by atoms with Gasteiger partial charge in [0.15, 0.2) is 0 Å². The zero-order valence-electron chi connectivity index (χ0n) is 11.2. The normalized spacial score (nSPS) is 10.5. The number of hydrogen-bond acceptors (Lipinski definition) is 2. The molecular formula is C15H13Br2FN2O. The van der Waals surface area contributed by atoms with Crippen molar-refractivity contribution in [2.75, 3.05) is 5.73 Å². The highest BCUT2D eigenvalue weighted by molar-refractivity contribution is 9.10. The molecule has 0 bridgehead atoms. The van der Waals surface area contributed by atoms with E-state index in [0.29, 0.717) is 22.4 Å². The van der Waals surface area contributed by atoms with Crippen LogP contribution in [0.5, 0.6) is 0 Å². The molecule has 0 atom stereocenters. The van der Waals surface area contributed by atoms with Crippen LogP contribution in [0, 0.1) is 12.7 Å². The fourth-order valence-electron chi connectivity index (χ4n) is 1.89. The lowest BCUT2D eigenvalue weighted by Crippen LogP contribution is -2.24. The maximum atomic E-state index is 13.6. The smallest absolute Gasteiger partial charge is 0.251 e. The first-order valence-corrected chi connectivity index (χ1v) is 7.75. The van der Waals surface area contributed by atoms with Gasteiger partial charge in [-0.05, 0) is 42.8 Å². The van der Waals surface area contributed by atoms with Gasteiger partial charge < -0.3 is 11.1 Å². The quantitative estimate of drug-likeness (QED) is 0.739. The van der Waals surface area contributed by atoms with Crippen LogP contribution < -0.4 is 11.1 Å². The summed E-state index contributed by atoms with van der Waals surface area (Å²) in [7, 11) is 0. The predicted octanol–water partition coefficient (Wildman–Crippen LogP) is 4.17. The summed E-state index contributed by atoms with van der Waals surface area (Å²) in [5.41, 5.74) is 7.95. The Morgan fingerprint density at radius 3 is 2.67 bits per heavy atom. The third-order valence-corrected chi connectivity index (χ3v) is 4.06. The van der Waals surface area contributed by atoms with Gasteiger partial charge in [-0.25, -0.2) is 4.39 Å². The molecule has 0 aliphatic heterocycles. The second-order valence-corrected chi connectivity index (χ2v) is 6.42. The first kappa shape index (κ1) is 16.0. The lowest BCUT2D eigenvalue weighted by Gasteiger charge is -2.11. The van der Waals surface area contributed by atoms with Crippen LogP contribution in [-0.4, -0.2) is 5.91 Å². The zero-order chi connectivity index (χ0) is 15.6. The molecular weight excluding hydrogens is 403 g/mol. The fourth-order valence-corrected chi connectivity index (χ4v) is 2.77. The summed E-state index contributed by atoms with van der Waals surface area (Å²) in [6.07, 6.45) is 0. The lowest BCUT2D eigenvalue weighted by molar-refractivity contribution is 0.0950. The standard InChI is InChI=1S/C15H13Br2FN2O/c1-8-12(5-11(17)6-14(8)19)15(21)20-7-9-4-10(16)2-3-13(9)18/h2-6H,7,19H2,1H3,(H,20,21). The summed E-state index contributed by atoms with van der Waals surface area (Å²) in [6.45, 7) is 1.88. The van der Waals surface area contributed by atoms with Crippen molar-refractivity contribution < 1.29 is 9.18 Å². The molecule has 2 aromatic carbocycles. The molecule has 0 fully saturated rings. The molecule has 1 amide bonds. The predicted molar refractivity (Wildman–Crippen MR) is 88.6 cm³/mol. The van der Waals surface area contributed by atoms with E-state index in [1.807, 2.05) is 0 Å². The summed E-state index contributed by atoms with van der Waals surface area (Å²) < 4.78 is 15.1. The van der Waals surface area contributed by atoms with E-state index in [0.717, 1.165) is 8.95 Å². The van der Waals surface area contributed by atoms with Gasteiger partial charge in [0, 0.05) is 32.3 Å². The van der Waals surface area contributed by atoms with E-state index in [2.05, 4.69) is 37.2 Å². The van der Waals surface area contributed by atoms with Gasteiger partial charge in [0.1, 0.15) is 5.82 Å². The third-order valence-electron chi connectivity index (χ3n) is 3.10. The third kappa shape index (κ3) is 3.83. The van der Waals surface area contributed by atoms with Crippen LogP contribution in [0.25, 0.3) is 0 Å². The number of nitrogens with one attached hydrogen (secondary N) is 1. The number of nitrogens with two attached hydrogens (primary N) is 1. The average Bonchev–Trinajstić information content (AvgIpc) is 2.43. The Balaban J connectivity index is 2.17. The number of halogens is 3. The van der Waals surface area contributed by atoms with Gasteiger partial charge in [0.05, 0.1) is 0 Å². The Kier molecular flexibility index (Phi) is 5.00. The fraction of sp³-hybridized carbons (Fsp3) is 0.133. The van der Waals surface area contributed by atoms with Gasteiger partial charge in [-0.1, -0.05) is 31.9 Å². The highest BCUT2D eigenvalue weighted by atomic mass is 79.9. The first-order valence-electron chi connectivity index (χ1n) is 6.16. The zero-order valence-corrected chi connectivity index (χ0v) is 14.4. The first-order chi connectivity index (χ1) is 9.88. The number of amides is 1. The molecule has 2 aromatic rings. The van der Waals surface area contributed by atoms with Crippen molar-refractivity contribution in [1.29, 1.82) is 0 Å². The van der Waals surface area contributed by atoms with Crippen LogP contribution in [0.4, 0.5) is 10.1 Å². The van der Waals surface area contributed by atoms with Gasteiger partial charge in [-0.2, -0.15) is 0 Å². The number of benzene rings is 2. The Labute approximate surface area is 139 Å². The molecule has 2 rings (SSSR count). The molecule has 3 N–H and O–H groups in total. The number of hydrogen-bond donors (Lipinski definition) is 2. The van der Waals surface area contributed by atoms with Gasteiger partial charge >= 0.3 is 0 Å². The maximum Gasteiger partial charge on any atom is 0.251 e. The monoisotopic (exact) mass is 414 g/mol. The molecule has 0 aliphatic rings. The Morgan fingerprint density at radius 1 is 1.24 bits per heavy atom. The summed E-state index contributed by atoms with van der Waals surface area (Å²) >= 11 is 6.58. The Hall–Kier alpha value is -1.40. The average molecular weight is 416 g/mol. The minimum Gasteiger partial charge on any atom is -0.398 e. The number of rotatable bonds is 3. The summed E-state index contributed by atoms with van der Waals surface area (Å²) in [6, 6.07) is 8.03. The molecule has 0 aromatic heterocycles. The van der Waals surface area contributed by atoms with Crippen molar-refractivity contribution in [3.8, 4) is 0 Å². The molecule has 0 saturated carbocycles. The van der Waals surface area contributed by atoms with Crippen molar-refractivity contribution in [3.05, 3.63) is 61.8 Å². The van der Waals surface area contributed by atoms with Gasteiger partial charge in [-0.3, -0.25) is 4.79 Å². The Bertz CT molecular complexity index is 704. The van der Waals surface area contributed by atoms with Crippen LogP contribution in [-0.2, 0) is 6.54 Å². The molecule has 3 nitrogen and oxygen atoms in total.